The third kappa shape index (κ3) is 3.57. The summed E-state index contributed by atoms with van der Waals surface area (Å²) in [5, 5.41) is 0. The molecule has 8 heteroatoms. The van der Waals surface area contributed by atoms with Gasteiger partial charge in [0.2, 0.25) is 5.91 Å². The van der Waals surface area contributed by atoms with Gasteiger partial charge in [-0.05, 0) is 17.7 Å². The second kappa shape index (κ2) is 6.84. The van der Waals surface area contributed by atoms with E-state index in [0.29, 0.717) is 25.5 Å². The highest BCUT2D eigenvalue weighted by atomic mass is 16.5. The van der Waals surface area contributed by atoms with Gasteiger partial charge in [0.25, 0.3) is 5.56 Å². The predicted octanol–water partition coefficient (Wildman–Crippen LogP) is -0.0690. The van der Waals surface area contributed by atoms with Crippen LogP contribution < -0.4 is 20.9 Å². The number of rotatable bonds is 4. The Morgan fingerprint density at radius 1 is 1.16 bits per heavy atom. The largest absolute Gasteiger partial charge is 0.497 e. The Bertz CT molecular complexity index is 871. The van der Waals surface area contributed by atoms with Crippen LogP contribution in [0, 0.1) is 0 Å². The molecule has 132 valence electrons. The summed E-state index contributed by atoms with van der Waals surface area (Å²) in [6.07, 6.45) is 0. The second-order valence-corrected chi connectivity index (χ2v) is 5.95. The molecule has 1 N–H and O–H groups in total. The molecule has 1 aromatic heterocycles. The van der Waals surface area contributed by atoms with Gasteiger partial charge in [0, 0.05) is 32.7 Å². The number of hydrogen-bond acceptors (Lipinski definition) is 5. The van der Waals surface area contributed by atoms with E-state index in [1.807, 2.05) is 24.3 Å². The van der Waals surface area contributed by atoms with Crippen LogP contribution in [0.25, 0.3) is 0 Å². The third-order valence-corrected chi connectivity index (χ3v) is 4.30. The van der Waals surface area contributed by atoms with E-state index < -0.39 is 11.2 Å². The van der Waals surface area contributed by atoms with Gasteiger partial charge in [-0.2, -0.15) is 0 Å². The number of aromatic amines is 1. The Hall–Kier alpha value is -3.03. The Balaban J connectivity index is 1.71. The zero-order valence-corrected chi connectivity index (χ0v) is 14.2. The van der Waals surface area contributed by atoms with E-state index >= 15 is 0 Å². The lowest BCUT2D eigenvalue weighted by atomic mass is 10.2. The topological polar surface area (TPSA) is 87.6 Å². The molecular weight excluding hydrogens is 324 g/mol. The minimum atomic E-state index is -0.492. The molecule has 1 aliphatic rings. The van der Waals surface area contributed by atoms with Crippen LogP contribution in [0.3, 0.4) is 0 Å². The monoisotopic (exact) mass is 344 g/mol. The van der Waals surface area contributed by atoms with E-state index in [-0.39, 0.29) is 12.5 Å². The Labute approximate surface area is 144 Å². The molecule has 0 unspecified atom stereocenters. The van der Waals surface area contributed by atoms with Crippen LogP contribution in [0.15, 0.2) is 39.9 Å². The molecule has 2 aromatic rings. The molecule has 0 bridgehead atoms. The summed E-state index contributed by atoms with van der Waals surface area (Å²) in [7, 11) is 3.01. The Morgan fingerprint density at radius 3 is 2.64 bits per heavy atom. The van der Waals surface area contributed by atoms with Gasteiger partial charge in [-0.3, -0.25) is 19.1 Å². The van der Waals surface area contributed by atoms with Crippen molar-refractivity contribution in [3.8, 4) is 5.75 Å². The molecule has 0 atom stereocenters. The average Bonchev–Trinajstić information content (AvgIpc) is 2.61. The van der Waals surface area contributed by atoms with Gasteiger partial charge in [0.05, 0.1) is 13.7 Å². The fourth-order valence-corrected chi connectivity index (χ4v) is 2.79. The molecular formula is C17H20N4O4. The molecule has 1 aliphatic heterocycles. The molecule has 0 spiro atoms. The molecule has 0 saturated carbocycles. The van der Waals surface area contributed by atoms with Crippen molar-refractivity contribution < 1.29 is 9.53 Å². The summed E-state index contributed by atoms with van der Waals surface area (Å²) < 4.78 is 6.19. The molecule has 3 rings (SSSR count). The summed E-state index contributed by atoms with van der Waals surface area (Å²) in [6, 6.07) is 8.93. The summed E-state index contributed by atoms with van der Waals surface area (Å²) in [4.78, 5) is 42.0. The van der Waals surface area contributed by atoms with Crippen LogP contribution in [-0.4, -0.2) is 47.1 Å². The highest BCUT2D eigenvalue weighted by Crippen LogP contribution is 2.17. The van der Waals surface area contributed by atoms with Crippen LogP contribution in [0.1, 0.15) is 5.56 Å². The van der Waals surface area contributed by atoms with Crippen LogP contribution in [0.2, 0.25) is 0 Å². The maximum Gasteiger partial charge on any atom is 0.329 e. The third-order valence-electron chi connectivity index (χ3n) is 4.30. The summed E-state index contributed by atoms with van der Waals surface area (Å²) in [5.74, 6) is 1.07. The minimum Gasteiger partial charge on any atom is -0.497 e. The molecule has 1 fully saturated rings. The number of aromatic nitrogens is 2. The quantitative estimate of drug-likeness (QED) is 0.839. The van der Waals surface area contributed by atoms with E-state index in [1.54, 1.807) is 16.9 Å². The zero-order valence-electron chi connectivity index (χ0n) is 14.2. The predicted molar refractivity (Wildman–Crippen MR) is 92.9 cm³/mol. The number of nitrogens with zero attached hydrogens (tertiary/aromatic N) is 3. The van der Waals surface area contributed by atoms with Crippen LogP contribution in [-0.2, 0) is 18.4 Å². The number of hydrogen-bond donors (Lipinski definition) is 1. The van der Waals surface area contributed by atoms with Gasteiger partial charge < -0.3 is 14.5 Å². The molecule has 2 heterocycles. The molecule has 25 heavy (non-hydrogen) atoms. The Kier molecular flexibility index (Phi) is 4.60. The summed E-state index contributed by atoms with van der Waals surface area (Å²) in [5.41, 5.74) is 0.0990. The van der Waals surface area contributed by atoms with Crippen molar-refractivity contribution in [1.82, 2.24) is 14.5 Å². The maximum absolute atomic E-state index is 12.5. The number of anilines is 1. The highest BCUT2D eigenvalue weighted by Gasteiger charge is 2.25. The lowest BCUT2D eigenvalue weighted by molar-refractivity contribution is -0.131. The first-order valence-electron chi connectivity index (χ1n) is 7.94. The van der Waals surface area contributed by atoms with Gasteiger partial charge in [-0.15, -0.1) is 0 Å². The Morgan fingerprint density at radius 2 is 1.96 bits per heavy atom. The molecule has 1 aromatic carbocycles. The normalized spacial score (nSPS) is 14.7. The van der Waals surface area contributed by atoms with E-state index in [1.165, 1.54) is 13.1 Å². The zero-order chi connectivity index (χ0) is 18.0. The van der Waals surface area contributed by atoms with Crippen molar-refractivity contribution in [2.75, 3.05) is 31.6 Å². The lowest BCUT2D eigenvalue weighted by Gasteiger charge is -2.35. The van der Waals surface area contributed by atoms with Gasteiger partial charge in [0.15, 0.2) is 0 Å². The number of methoxy groups -OCH3 is 1. The smallest absolute Gasteiger partial charge is 0.329 e. The first kappa shape index (κ1) is 16.8. The molecule has 1 saturated heterocycles. The second-order valence-electron chi connectivity index (χ2n) is 5.95. The molecule has 8 nitrogen and oxygen atoms in total. The first-order valence-corrected chi connectivity index (χ1v) is 7.94. The first-order chi connectivity index (χ1) is 12.0. The van der Waals surface area contributed by atoms with Crippen LogP contribution >= 0.6 is 0 Å². The number of H-pyrrole nitrogens is 1. The number of benzene rings is 1. The van der Waals surface area contributed by atoms with Crippen molar-refractivity contribution >= 4 is 11.7 Å². The van der Waals surface area contributed by atoms with Gasteiger partial charge in [-0.25, -0.2) is 4.79 Å². The SMILES string of the molecule is COc1cccc(CN2CCN(c3cc(=O)n(C)c(=O)[nH]3)CC2=O)c1. The fraction of sp³-hybridized carbons (Fsp3) is 0.353. The van der Waals surface area contributed by atoms with Crippen molar-refractivity contribution in [3.05, 3.63) is 56.7 Å². The summed E-state index contributed by atoms with van der Waals surface area (Å²) >= 11 is 0. The van der Waals surface area contributed by atoms with E-state index in [2.05, 4.69) is 4.98 Å². The minimum absolute atomic E-state index is 0.0596. The molecule has 1 amide bonds. The van der Waals surface area contributed by atoms with E-state index in [0.717, 1.165) is 15.9 Å². The number of piperazine rings is 1. The average molecular weight is 344 g/mol. The van der Waals surface area contributed by atoms with Crippen molar-refractivity contribution in [2.45, 2.75) is 6.54 Å². The number of nitrogens with one attached hydrogen (secondary N) is 1. The van der Waals surface area contributed by atoms with Crippen LogP contribution in [0.4, 0.5) is 5.82 Å². The number of ether oxygens (including phenoxy) is 1. The van der Waals surface area contributed by atoms with E-state index in [4.69, 9.17) is 4.74 Å². The lowest BCUT2D eigenvalue weighted by Crippen LogP contribution is -2.51. The van der Waals surface area contributed by atoms with Crippen molar-refractivity contribution in [1.29, 1.82) is 0 Å². The molecule has 0 radical (unpaired) electrons. The van der Waals surface area contributed by atoms with E-state index in [9.17, 15) is 14.4 Å². The maximum atomic E-state index is 12.5. The van der Waals surface area contributed by atoms with Gasteiger partial charge in [-0.1, -0.05) is 12.1 Å². The van der Waals surface area contributed by atoms with Crippen molar-refractivity contribution in [2.24, 2.45) is 7.05 Å². The number of carbonyl (C=O) groups excluding carboxylic acids is 1. The highest BCUT2D eigenvalue weighted by molar-refractivity contribution is 5.82. The standard InChI is InChI=1S/C17H20N4O4/c1-19-15(22)9-14(18-17(19)24)20-6-7-21(16(23)11-20)10-12-4-3-5-13(8-12)25-2/h3-5,8-9H,6-7,10-11H2,1-2H3,(H,18,24). The fourth-order valence-electron chi connectivity index (χ4n) is 2.79. The van der Waals surface area contributed by atoms with Crippen molar-refractivity contribution in [3.63, 3.8) is 0 Å². The van der Waals surface area contributed by atoms with Gasteiger partial charge >= 0.3 is 5.69 Å². The van der Waals surface area contributed by atoms with Gasteiger partial charge in [0.1, 0.15) is 11.6 Å². The van der Waals surface area contributed by atoms with Crippen LogP contribution in [0.5, 0.6) is 5.75 Å². The summed E-state index contributed by atoms with van der Waals surface area (Å²) in [6.45, 7) is 1.66. The number of carbonyl (C=O) groups is 1. The molecule has 0 aliphatic carbocycles. The number of amides is 1.